The zero-order valence-electron chi connectivity index (χ0n) is 12.2. The van der Waals surface area contributed by atoms with E-state index in [0.29, 0.717) is 0 Å². The molecule has 2 aliphatic rings. The maximum atomic E-state index is 13.2. The third kappa shape index (κ3) is 3.50. The van der Waals surface area contributed by atoms with Crippen LogP contribution >= 0.6 is 0 Å². The lowest BCUT2D eigenvalue weighted by molar-refractivity contribution is -0.126. The second-order valence-electron chi connectivity index (χ2n) is 5.84. The van der Waals surface area contributed by atoms with Crippen molar-refractivity contribution >= 4 is 5.91 Å². The topological polar surface area (TPSA) is 23.6 Å². The Bertz CT molecular complexity index is 549. The number of benzene rings is 1. The number of hydrogen-bond acceptors (Lipinski definition) is 2. The Labute approximate surface area is 125 Å². The molecule has 0 aliphatic carbocycles. The summed E-state index contributed by atoms with van der Waals surface area (Å²) in [7, 11) is 0. The molecule has 1 fully saturated rings. The van der Waals surface area contributed by atoms with Gasteiger partial charge in [0.15, 0.2) is 0 Å². The number of amides is 1. The average molecular weight is 288 g/mol. The summed E-state index contributed by atoms with van der Waals surface area (Å²) in [6.45, 7) is 4.18. The van der Waals surface area contributed by atoms with Gasteiger partial charge in [-0.15, -0.1) is 0 Å². The van der Waals surface area contributed by atoms with Gasteiger partial charge in [-0.05, 0) is 37.0 Å². The van der Waals surface area contributed by atoms with Gasteiger partial charge in [-0.3, -0.25) is 9.69 Å². The number of hydrogen-bond donors (Lipinski definition) is 0. The Morgan fingerprint density at radius 3 is 2.67 bits per heavy atom. The number of nitrogens with zero attached hydrogens (tertiary/aromatic N) is 2. The third-order valence-corrected chi connectivity index (χ3v) is 4.26. The minimum atomic E-state index is -0.190. The van der Waals surface area contributed by atoms with Crippen LogP contribution in [0.25, 0.3) is 0 Å². The Hall–Kier alpha value is -1.68. The summed E-state index contributed by atoms with van der Waals surface area (Å²) >= 11 is 0. The first-order chi connectivity index (χ1) is 10.2. The van der Waals surface area contributed by atoms with Crippen LogP contribution in [0, 0.1) is 5.82 Å². The van der Waals surface area contributed by atoms with E-state index in [2.05, 4.69) is 4.90 Å². The first kappa shape index (κ1) is 14.3. The molecule has 0 N–H and O–H groups in total. The first-order valence-corrected chi connectivity index (χ1v) is 7.67. The SMILES string of the molecule is O=C(C1=CCN(Cc2cccc(F)c2)CC1)N1CCCC1. The van der Waals surface area contributed by atoms with E-state index in [1.165, 1.54) is 6.07 Å². The fourth-order valence-corrected chi connectivity index (χ4v) is 3.07. The number of halogens is 1. The first-order valence-electron chi connectivity index (χ1n) is 7.67. The van der Waals surface area contributed by atoms with E-state index in [-0.39, 0.29) is 11.7 Å². The Morgan fingerprint density at radius 1 is 1.19 bits per heavy atom. The van der Waals surface area contributed by atoms with Crippen LogP contribution in [-0.2, 0) is 11.3 Å². The fourth-order valence-electron chi connectivity index (χ4n) is 3.07. The van der Waals surface area contributed by atoms with Crippen LogP contribution in [0.5, 0.6) is 0 Å². The van der Waals surface area contributed by atoms with Crippen LogP contribution in [0.4, 0.5) is 4.39 Å². The van der Waals surface area contributed by atoms with Crippen molar-refractivity contribution in [1.82, 2.24) is 9.80 Å². The van der Waals surface area contributed by atoms with Crippen LogP contribution < -0.4 is 0 Å². The smallest absolute Gasteiger partial charge is 0.249 e. The van der Waals surface area contributed by atoms with Gasteiger partial charge >= 0.3 is 0 Å². The van der Waals surface area contributed by atoms with Gasteiger partial charge in [0.25, 0.3) is 0 Å². The monoisotopic (exact) mass is 288 g/mol. The molecule has 112 valence electrons. The van der Waals surface area contributed by atoms with Crippen LogP contribution in [-0.4, -0.2) is 41.9 Å². The van der Waals surface area contributed by atoms with Crippen LogP contribution in [0.3, 0.4) is 0 Å². The van der Waals surface area contributed by atoms with Crippen molar-refractivity contribution in [2.75, 3.05) is 26.2 Å². The predicted molar refractivity (Wildman–Crippen MR) is 80.2 cm³/mol. The van der Waals surface area contributed by atoms with Crippen molar-refractivity contribution in [2.24, 2.45) is 0 Å². The lowest BCUT2D eigenvalue weighted by Crippen LogP contribution is -2.35. The van der Waals surface area contributed by atoms with Crippen molar-refractivity contribution < 1.29 is 9.18 Å². The van der Waals surface area contributed by atoms with Gasteiger partial charge in [-0.2, -0.15) is 0 Å². The molecule has 3 rings (SSSR count). The molecule has 4 heteroatoms. The van der Waals surface area contributed by atoms with Gasteiger partial charge in [0.1, 0.15) is 5.82 Å². The molecule has 0 radical (unpaired) electrons. The van der Waals surface area contributed by atoms with Gasteiger partial charge in [0.2, 0.25) is 5.91 Å². The van der Waals surface area contributed by atoms with Crippen LogP contribution in [0.2, 0.25) is 0 Å². The molecule has 1 amide bonds. The second-order valence-corrected chi connectivity index (χ2v) is 5.84. The average Bonchev–Trinajstić information content (AvgIpc) is 3.01. The minimum absolute atomic E-state index is 0.190. The Kier molecular flexibility index (Phi) is 4.34. The molecule has 21 heavy (non-hydrogen) atoms. The van der Waals surface area contributed by atoms with E-state index in [4.69, 9.17) is 0 Å². The Morgan fingerprint density at radius 2 is 2.00 bits per heavy atom. The second kappa shape index (κ2) is 6.39. The molecule has 1 aromatic carbocycles. The quantitative estimate of drug-likeness (QED) is 0.853. The lowest BCUT2D eigenvalue weighted by Gasteiger charge is -2.27. The van der Waals surface area contributed by atoms with Crippen molar-refractivity contribution in [3.05, 3.63) is 47.3 Å². The van der Waals surface area contributed by atoms with Gasteiger partial charge in [0, 0.05) is 38.3 Å². The molecule has 2 heterocycles. The summed E-state index contributed by atoms with van der Waals surface area (Å²) in [6, 6.07) is 6.73. The van der Waals surface area contributed by atoms with E-state index >= 15 is 0 Å². The highest BCUT2D eigenvalue weighted by Gasteiger charge is 2.23. The molecular formula is C17H21FN2O. The lowest BCUT2D eigenvalue weighted by atomic mass is 10.1. The van der Waals surface area contributed by atoms with Crippen molar-refractivity contribution in [2.45, 2.75) is 25.8 Å². The molecule has 0 aromatic heterocycles. The normalized spacial score (nSPS) is 19.7. The minimum Gasteiger partial charge on any atom is -0.339 e. The van der Waals surface area contributed by atoms with Crippen molar-refractivity contribution in [3.8, 4) is 0 Å². The van der Waals surface area contributed by atoms with Gasteiger partial charge in [0.05, 0.1) is 0 Å². The largest absolute Gasteiger partial charge is 0.339 e. The fraction of sp³-hybridized carbons (Fsp3) is 0.471. The molecule has 0 spiro atoms. The number of likely N-dealkylation sites (tertiary alicyclic amines) is 1. The van der Waals surface area contributed by atoms with E-state index in [1.807, 2.05) is 17.0 Å². The van der Waals surface area contributed by atoms with Gasteiger partial charge in [-0.1, -0.05) is 18.2 Å². The highest BCUT2D eigenvalue weighted by molar-refractivity contribution is 5.93. The molecule has 1 aromatic rings. The molecular weight excluding hydrogens is 267 g/mol. The van der Waals surface area contributed by atoms with E-state index < -0.39 is 0 Å². The summed E-state index contributed by atoms with van der Waals surface area (Å²) in [5.41, 5.74) is 1.94. The summed E-state index contributed by atoms with van der Waals surface area (Å²) in [5.74, 6) is 0.0304. The van der Waals surface area contributed by atoms with E-state index in [0.717, 1.165) is 63.1 Å². The highest BCUT2D eigenvalue weighted by Crippen LogP contribution is 2.18. The molecule has 3 nitrogen and oxygen atoms in total. The zero-order valence-corrected chi connectivity index (χ0v) is 12.2. The summed E-state index contributed by atoms with van der Waals surface area (Å²) in [4.78, 5) is 16.5. The summed E-state index contributed by atoms with van der Waals surface area (Å²) in [5, 5.41) is 0. The third-order valence-electron chi connectivity index (χ3n) is 4.26. The summed E-state index contributed by atoms with van der Waals surface area (Å²) < 4.78 is 13.2. The van der Waals surface area contributed by atoms with Gasteiger partial charge < -0.3 is 4.90 Å². The van der Waals surface area contributed by atoms with Crippen LogP contribution in [0.15, 0.2) is 35.9 Å². The van der Waals surface area contributed by atoms with E-state index in [1.54, 1.807) is 12.1 Å². The highest BCUT2D eigenvalue weighted by atomic mass is 19.1. The van der Waals surface area contributed by atoms with Crippen molar-refractivity contribution in [3.63, 3.8) is 0 Å². The Balaban J connectivity index is 1.57. The molecule has 0 atom stereocenters. The molecule has 0 unspecified atom stereocenters. The zero-order chi connectivity index (χ0) is 14.7. The summed E-state index contributed by atoms with van der Waals surface area (Å²) in [6.07, 6.45) is 5.10. The maximum absolute atomic E-state index is 13.2. The van der Waals surface area contributed by atoms with Crippen LogP contribution in [0.1, 0.15) is 24.8 Å². The van der Waals surface area contributed by atoms with Gasteiger partial charge in [-0.25, -0.2) is 4.39 Å². The number of rotatable bonds is 3. The van der Waals surface area contributed by atoms with Crippen molar-refractivity contribution in [1.29, 1.82) is 0 Å². The molecule has 0 saturated carbocycles. The standard InChI is InChI=1S/C17H21FN2O/c18-16-5-3-4-14(12-16)13-19-10-6-15(7-11-19)17(21)20-8-1-2-9-20/h3-6,12H,1-2,7-11,13H2. The maximum Gasteiger partial charge on any atom is 0.249 e. The predicted octanol–water partition coefficient (Wildman–Crippen LogP) is 2.58. The van der Waals surface area contributed by atoms with E-state index in [9.17, 15) is 9.18 Å². The molecule has 2 aliphatic heterocycles. The molecule has 1 saturated heterocycles. The number of carbonyl (C=O) groups is 1. The number of carbonyl (C=O) groups excluding carboxylic acids is 1. The molecule has 0 bridgehead atoms.